The fourth-order valence-corrected chi connectivity index (χ4v) is 4.75. The lowest BCUT2D eigenvalue weighted by Crippen LogP contribution is -2.35. The molecule has 0 bridgehead atoms. The number of benzene rings is 3. The average Bonchev–Trinajstić information content (AvgIpc) is 2.76. The highest BCUT2D eigenvalue weighted by Gasteiger charge is 2.38. The monoisotopic (exact) mass is 504 g/mol. The molecule has 0 aliphatic carbocycles. The van der Waals surface area contributed by atoms with Gasteiger partial charge in [0.1, 0.15) is 29.0 Å². The van der Waals surface area contributed by atoms with E-state index in [4.69, 9.17) is 4.74 Å². The summed E-state index contributed by atoms with van der Waals surface area (Å²) in [7, 11) is 0. The van der Waals surface area contributed by atoms with Gasteiger partial charge in [-0.2, -0.15) is 0 Å². The summed E-state index contributed by atoms with van der Waals surface area (Å²) in [5.74, 6) is -0.449. The largest absolute Gasteiger partial charge is 0.573 e. The zero-order valence-corrected chi connectivity index (χ0v) is 20.4. The zero-order valence-electron chi connectivity index (χ0n) is 20.4. The molecule has 1 aliphatic heterocycles. The summed E-state index contributed by atoms with van der Waals surface area (Å²) in [6.07, 6.45) is -6.70. The highest BCUT2D eigenvalue weighted by atomic mass is 19.4. The molecule has 0 aromatic heterocycles. The summed E-state index contributed by atoms with van der Waals surface area (Å²) in [6.45, 7) is 7.63. The standard InChI is InChI=1S/C28H28F4O4/c1-15(2)20-13-22-25(21(33)14-27(3,4)36-22)23(16-5-9-18(29)10-6-16)24(20)26(34)17-7-11-19(12-8-17)35-28(30,31)32/h5-13,15,21,26,33-34H,14H2,1-4H3/t21-,26+/m0/s1. The normalized spacial score (nSPS) is 17.9. The predicted octanol–water partition coefficient (Wildman–Crippen LogP) is 7.19. The molecule has 0 saturated carbocycles. The van der Waals surface area contributed by atoms with E-state index in [1.807, 2.05) is 27.7 Å². The highest BCUT2D eigenvalue weighted by molar-refractivity contribution is 5.78. The molecule has 192 valence electrons. The first-order chi connectivity index (χ1) is 16.8. The second-order valence-electron chi connectivity index (χ2n) is 9.93. The molecule has 1 aliphatic rings. The van der Waals surface area contributed by atoms with Gasteiger partial charge in [0.2, 0.25) is 0 Å². The van der Waals surface area contributed by atoms with Crippen LogP contribution in [-0.2, 0) is 0 Å². The summed E-state index contributed by atoms with van der Waals surface area (Å²) >= 11 is 0. The van der Waals surface area contributed by atoms with Gasteiger partial charge in [-0.15, -0.1) is 13.2 Å². The van der Waals surface area contributed by atoms with Gasteiger partial charge in [0.05, 0.1) is 6.10 Å². The van der Waals surface area contributed by atoms with Crippen molar-refractivity contribution in [2.75, 3.05) is 0 Å². The van der Waals surface area contributed by atoms with Gasteiger partial charge in [-0.05, 0) is 77.9 Å². The van der Waals surface area contributed by atoms with E-state index in [1.54, 1.807) is 18.2 Å². The van der Waals surface area contributed by atoms with Crippen molar-refractivity contribution in [3.8, 4) is 22.6 Å². The Balaban J connectivity index is 1.94. The second kappa shape index (κ2) is 9.41. The van der Waals surface area contributed by atoms with Crippen molar-refractivity contribution < 1.29 is 37.2 Å². The molecular weight excluding hydrogens is 476 g/mol. The Bertz CT molecular complexity index is 1230. The summed E-state index contributed by atoms with van der Waals surface area (Å²) in [5, 5.41) is 22.8. The van der Waals surface area contributed by atoms with Crippen LogP contribution in [0.25, 0.3) is 11.1 Å². The Morgan fingerprint density at radius 1 is 1.03 bits per heavy atom. The molecule has 0 saturated heterocycles. The molecular formula is C28H28F4O4. The van der Waals surface area contributed by atoms with Crippen LogP contribution in [0.2, 0.25) is 0 Å². The van der Waals surface area contributed by atoms with Crippen LogP contribution in [0, 0.1) is 5.82 Å². The van der Waals surface area contributed by atoms with Gasteiger partial charge in [-0.25, -0.2) is 4.39 Å². The molecule has 4 nitrogen and oxygen atoms in total. The Labute approximate surface area is 207 Å². The van der Waals surface area contributed by atoms with E-state index in [0.29, 0.717) is 40.0 Å². The number of rotatable bonds is 5. The molecule has 0 spiro atoms. The third kappa shape index (κ3) is 5.34. The van der Waals surface area contributed by atoms with Gasteiger partial charge in [-0.1, -0.05) is 38.1 Å². The smallest absolute Gasteiger partial charge is 0.487 e. The van der Waals surface area contributed by atoms with E-state index < -0.39 is 35.7 Å². The van der Waals surface area contributed by atoms with E-state index in [-0.39, 0.29) is 5.92 Å². The molecule has 2 atom stereocenters. The summed E-state index contributed by atoms with van der Waals surface area (Å²) in [5.41, 5.74) is 2.49. The van der Waals surface area contributed by atoms with Gasteiger partial charge < -0.3 is 19.7 Å². The topological polar surface area (TPSA) is 58.9 Å². The lowest BCUT2D eigenvalue weighted by Gasteiger charge is -2.38. The minimum atomic E-state index is -4.83. The molecule has 4 rings (SSSR count). The van der Waals surface area contributed by atoms with Gasteiger partial charge in [-0.3, -0.25) is 0 Å². The number of alkyl halides is 3. The van der Waals surface area contributed by atoms with Crippen molar-refractivity contribution in [3.05, 3.63) is 82.7 Å². The quantitative estimate of drug-likeness (QED) is 0.361. The fraction of sp³-hybridized carbons (Fsp3) is 0.357. The third-order valence-corrected chi connectivity index (χ3v) is 6.26. The summed E-state index contributed by atoms with van der Waals surface area (Å²) in [4.78, 5) is 0. The predicted molar refractivity (Wildman–Crippen MR) is 127 cm³/mol. The average molecular weight is 505 g/mol. The SMILES string of the molecule is CC(C)c1cc2c(c(-c3ccc(F)cc3)c1[C@H](O)c1ccc(OC(F)(F)F)cc1)[C@@H](O)CC(C)(C)O2. The number of ether oxygens (including phenoxy) is 2. The van der Waals surface area contributed by atoms with Crippen molar-refractivity contribution in [1.82, 2.24) is 0 Å². The first kappa shape index (κ1) is 26.0. The van der Waals surface area contributed by atoms with Crippen molar-refractivity contribution >= 4 is 0 Å². The van der Waals surface area contributed by atoms with Crippen molar-refractivity contribution in [2.24, 2.45) is 0 Å². The van der Waals surface area contributed by atoms with E-state index in [1.165, 1.54) is 24.3 Å². The van der Waals surface area contributed by atoms with Crippen molar-refractivity contribution in [1.29, 1.82) is 0 Å². The lowest BCUT2D eigenvalue weighted by atomic mass is 9.78. The molecule has 0 amide bonds. The summed E-state index contributed by atoms with van der Waals surface area (Å²) in [6, 6.07) is 12.5. The third-order valence-electron chi connectivity index (χ3n) is 6.26. The van der Waals surface area contributed by atoms with Crippen LogP contribution >= 0.6 is 0 Å². The molecule has 3 aromatic carbocycles. The number of halogens is 4. The van der Waals surface area contributed by atoms with Gasteiger partial charge in [0.15, 0.2) is 0 Å². The molecule has 3 aromatic rings. The molecule has 1 heterocycles. The van der Waals surface area contributed by atoms with Gasteiger partial charge >= 0.3 is 6.36 Å². The maximum Gasteiger partial charge on any atom is 0.573 e. The summed E-state index contributed by atoms with van der Waals surface area (Å²) < 4.78 is 61.8. The van der Waals surface area contributed by atoms with Crippen LogP contribution in [0.4, 0.5) is 17.6 Å². The lowest BCUT2D eigenvalue weighted by molar-refractivity contribution is -0.274. The molecule has 36 heavy (non-hydrogen) atoms. The van der Waals surface area contributed by atoms with E-state index in [9.17, 15) is 27.8 Å². The Morgan fingerprint density at radius 2 is 1.64 bits per heavy atom. The van der Waals surface area contributed by atoms with Crippen molar-refractivity contribution in [2.45, 2.75) is 64.2 Å². The number of hydrogen-bond donors (Lipinski definition) is 2. The molecule has 0 radical (unpaired) electrons. The van der Waals surface area contributed by atoms with Crippen molar-refractivity contribution in [3.63, 3.8) is 0 Å². The van der Waals surface area contributed by atoms with Crippen LogP contribution in [0.5, 0.6) is 11.5 Å². The van der Waals surface area contributed by atoms with Crippen LogP contribution in [0.15, 0.2) is 54.6 Å². The minimum absolute atomic E-state index is 0.0854. The van der Waals surface area contributed by atoms with Crippen LogP contribution in [0.3, 0.4) is 0 Å². The van der Waals surface area contributed by atoms with Crippen LogP contribution < -0.4 is 9.47 Å². The fourth-order valence-electron chi connectivity index (χ4n) is 4.75. The second-order valence-corrected chi connectivity index (χ2v) is 9.93. The van der Waals surface area contributed by atoms with E-state index in [0.717, 1.165) is 17.7 Å². The van der Waals surface area contributed by atoms with Gasteiger partial charge in [0, 0.05) is 12.0 Å². The molecule has 0 unspecified atom stereocenters. The molecule has 2 N–H and O–H groups in total. The molecule has 0 fully saturated rings. The highest BCUT2D eigenvalue weighted by Crippen LogP contribution is 2.50. The zero-order chi connectivity index (χ0) is 26.4. The Hall–Kier alpha value is -3.10. The minimum Gasteiger partial charge on any atom is -0.487 e. The van der Waals surface area contributed by atoms with Crippen LogP contribution in [-0.4, -0.2) is 22.2 Å². The number of hydrogen-bond acceptors (Lipinski definition) is 4. The first-order valence-electron chi connectivity index (χ1n) is 11.6. The number of aliphatic hydroxyl groups is 2. The number of aliphatic hydroxyl groups excluding tert-OH is 2. The first-order valence-corrected chi connectivity index (χ1v) is 11.6. The maximum absolute atomic E-state index is 13.8. The van der Waals surface area contributed by atoms with E-state index >= 15 is 0 Å². The Kier molecular flexibility index (Phi) is 6.79. The van der Waals surface area contributed by atoms with E-state index in [2.05, 4.69) is 4.74 Å². The molecule has 8 heteroatoms. The number of fused-ring (bicyclic) bond motifs is 1. The van der Waals surface area contributed by atoms with Crippen LogP contribution in [0.1, 0.15) is 74.5 Å². The Morgan fingerprint density at radius 3 is 2.19 bits per heavy atom. The maximum atomic E-state index is 13.8. The van der Waals surface area contributed by atoms with Gasteiger partial charge in [0.25, 0.3) is 0 Å².